The van der Waals surface area contributed by atoms with Crippen LogP contribution in [0.3, 0.4) is 0 Å². The van der Waals surface area contributed by atoms with Crippen molar-refractivity contribution in [1.29, 1.82) is 0 Å². The summed E-state index contributed by atoms with van der Waals surface area (Å²) in [7, 11) is 1.56. The number of halogens is 2. The Labute approximate surface area is 249 Å². The van der Waals surface area contributed by atoms with Crippen LogP contribution in [-0.4, -0.2) is 87.0 Å². The van der Waals surface area contributed by atoms with Crippen molar-refractivity contribution in [3.05, 3.63) is 89.0 Å². The maximum atomic E-state index is 13.9. The van der Waals surface area contributed by atoms with Crippen LogP contribution < -0.4 is 20.3 Å². The van der Waals surface area contributed by atoms with Gasteiger partial charge in [0.05, 0.1) is 18.5 Å². The van der Waals surface area contributed by atoms with E-state index in [2.05, 4.69) is 15.5 Å². The number of hydrogen-bond donors (Lipinski definition) is 2. The molecule has 0 spiro atoms. The lowest BCUT2D eigenvalue weighted by Crippen LogP contribution is -2.35. The lowest BCUT2D eigenvalue weighted by molar-refractivity contribution is 0.0759. The first kappa shape index (κ1) is 30.0. The number of carbonyl (C=O) groups is 3. The molecule has 0 saturated carbocycles. The number of anilines is 2. The molecule has 0 aromatic heterocycles. The van der Waals surface area contributed by atoms with E-state index in [9.17, 15) is 23.2 Å². The van der Waals surface area contributed by atoms with Gasteiger partial charge in [0, 0.05) is 62.5 Å². The van der Waals surface area contributed by atoms with Crippen LogP contribution in [0.2, 0.25) is 0 Å². The van der Waals surface area contributed by atoms with Crippen LogP contribution in [0.25, 0.3) is 0 Å². The second-order valence-corrected chi connectivity index (χ2v) is 10.6. The van der Waals surface area contributed by atoms with E-state index in [1.165, 1.54) is 6.07 Å². The van der Waals surface area contributed by atoms with E-state index in [1.807, 2.05) is 0 Å². The molecule has 0 bridgehead atoms. The fourth-order valence-corrected chi connectivity index (χ4v) is 5.41. The number of methoxy groups -OCH3 is 1. The summed E-state index contributed by atoms with van der Waals surface area (Å²) in [4.78, 5) is 45.5. The lowest BCUT2D eigenvalue weighted by Gasteiger charge is -2.27. The molecule has 2 N–H and O–H groups in total. The smallest absolute Gasteiger partial charge is 0.255 e. The van der Waals surface area contributed by atoms with Gasteiger partial charge in [0.25, 0.3) is 17.7 Å². The number of benzene rings is 3. The molecule has 2 aliphatic heterocycles. The molecule has 2 heterocycles. The minimum absolute atomic E-state index is 0.0499. The van der Waals surface area contributed by atoms with E-state index in [0.717, 1.165) is 25.1 Å². The Morgan fingerprint density at radius 2 is 1.49 bits per heavy atom. The minimum Gasteiger partial charge on any atom is -0.497 e. The van der Waals surface area contributed by atoms with Crippen LogP contribution >= 0.6 is 0 Å². The number of carbonyl (C=O) groups excluding carboxylic acids is 3. The molecule has 3 aromatic carbocycles. The van der Waals surface area contributed by atoms with Gasteiger partial charge in [0.1, 0.15) is 5.75 Å². The predicted octanol–water partition coefficient (Wildman–Crippen LogP) is 4.01. The highest BCUT2D eigenvalue weighted by atomic mass is 19.2. The largest absolute Gasteiger partial charge is 0.497 e. The molecule has 5 rings (SSSR count). The lowest BCUT2D eigenvalue weighted by atomic mass is 10.1. The van der Waals surface area contributed by atoms with Crippen LogP contribution in [0.1, 0.15) is 43.9 Å². The molecule has 0 atom stereocenters. The Balaban J connectivity index is 1.40. The van der Waals surface area contributed by atoms with Gasteiger partial charge in [-0.05, 0) is 74.0 Å². The summed E-state index contributed by atoms with van der Waals surface area (Å²) >= 11 is 0. The van der Waals surface area contributed by atoms with E-state index in [1.54, 1.807) is 59.4 Å². The molecule has 226 valence electrons. The number of amides is 3. The van der Waals surface area contributed by atoms with Crippen molar-refractivity contribution in [3.8, 4) is 5.75 Å². The zero-order valence-electron chi connectivity index (χ0n) is 24.1. The maximum absolute atomic E-state index is 13.9. The molecule has 3 amide bonds. The van der Waals surface area contributed by atoms with Crippen molar-refractivity contribution in [2.45, 2.75) is 12.8 Å². The molecule has 2 fully saturated rings. The van der Waals surface area contributed by atoms with Crippen LogP contribution in [0.5, 0.6) is 5.75 Å². The third-order valence-corrected chi connectivity index (χ3v) is 7.74. The van der Waals surface area contributed by atoms with Gasteiger partial charge in [-0.2, -0.15) is 0 Å². The van der Waals surface area contributed by atoms with Gasteiger partial charge in [-0.3, -0.25) is 14.4 Å². The number of rotatable bonds is 6. The summed E-state index contributed by atoms with van der Waals surface area (Å²) in [6.45, 7) is 4.78. The summed E-state index contributed by atoms with van der Waals surface area (Å²) in [6.07, 6.45) is 1.51. The highest BCUT2D eigenvalue weighted by Gasteiger charge is 2.25. The van der Waals surface area contributed by atoms with Crippen LogP contribution in [0.15, 0.2) is 60.7 Å². The number of nitrogens with one attached hydrogen (secondary N) is 2. The average molecular weight is 592 g/mol. The fraction of sp³-hybridized carbons (Fsp3) is 0.344. The standard InChI is InChI=1S/C32H35F2N5O4/c1-43-25-6-2-5-23(19-25)31(41)39-15-4-14-37(17-18-39)29-10-8-24(32(42)38-13-3-11-35-12-16-38)21-28(29)36-30(40)22-7-9-26(33)27(34)20-22/h2,5-10,19-21,35H,3-4,11-18H2,1H3,(H,36,40). The monoisotopic (exact) mass is 591 g/mol. The maximum Gasteiger partial charge on any atom is 0.255 e. The van der Waals surface area contributed by atoms with Crippen molar-refractivity contribution >= 4 is 29.1 Å². The van der Waals surface area contributed by atoms with Gasteiger partial charge in [-0.1, -0.05) is 6.07 Å². The van der Waals surface area contributed by atoms with E-state index >= 15 is 0 Å². The molecular weight excluding hydrogens is 556 g/mol. The summed E-state index contributed by atoms with van der Waals surface area (Å²) in [5.74, 6) is -2.44. The molecular formula is C32H35F2N5O4. The Morgan fingerprint density at radius 3 is 2.28 bits per heavy atom. The molecule has 0 aliphatic carbocycles. The van der Waals surface area contributed by atoms with Crippen molar-refractivity contribution in [1.82, 2.24) is 15.1 Å². The number of hydrogen-bond acceptors (Lipinski definition) is 6. The molecule has 0 unspecified atom stereocenters. The normalized spacial score (nSPS) is 15.8. The molecule has 2 saturated heterocycles. The average Bonchev–Trinajstić information content (AvgIpc) is 3.45. The SMILES string of the molecule is COc1cccc(C(=O)N2CCCN(c3ccc(C(=O)N4CCCNCC4)cc3NC(=O)c3ccc(F)c(F)c3)CC2)c1. The Morgan fingerprint density at radius 1 is 0.744 bits per heavy atom. The van der Waals surface area contributed by atoms with Crippen molar-refractivity contribution in [3.63, 3.8) is 0 Å². The molecule has 2 aliphatic rings. The first-order valence-corrected chi connectivity index (χ1v) is 14.4. The number of ether oxygens (including phenoxy) is 1. The van der Waals surface area contributed by atoms with Gasteiger partial charge in [-0.25, -0.2) is 8.78 Å². The van der Waals surface area contributed by atoms with E-state index in [0.29, 0.717) is 80.5 Å². The second-order valence-electron chi connectivity index (χ2n) is 10.6. The highest BCUT2D eigenvalue weighted by molar-refractivity contribution is 6.07. The van der Waals surface area contributed by atoms with Crippen molar-refractivity contribution in [2.75, 3.05) is 69.7 Å². The zero-order chi connectivity index (χ0) is 30.3. The van der Waals surface area contributed by atoms with Crippen LogP contribution in [0.4, 0.5) is 20.2 Å². The third kappa shape index (κ3) is 7.11. The predicted molar refractivity (Wildman–Crippen MR) is 160 cm³/mol. The summed E-state index contributed by atoms with van der Waals surface area (Å²) in [5, 5.41) is 6.11. The van der Waals surface area contributed by atoms with Crippen LogP contribution in [-0.2, 0) is 0 Å². The van der Waals surface area contributed by atoms with Gasteiger partial charge in [0.2, 0.25) is 0 Å². The Kier molecular flexibility index (Phi) is 9.51. The quantitative estimate of drug-likeness (QED) is 0.450. The third-order valence-electron chi connectivity index (χ3n) is 7.74. The molecule has 9 nitrogen and oxygen atoms in total. The van der Waals surface area contributed by atoms with Gasteiger partial charge in [0.15, 0.2) is 11.6 Å². The molecule has 43 heavy (non-hydrogen) atoms. The fourth-order valence-electron chi connectivity index (χ4n) is 5.41. The van der Waals surface area contributed by atoms with Crippen LogP contribution in [0, 0.1) is 11.6 Å². The first-order valence-electron chi connectivity index (χ1n) is 14.4. The number of nitrogens with zero attached hydrogens (tertiary/aromatic N) is 3. The van der Waals surface area contributed by atoms with Gasteiger partial charge >= 0.3 is 0 Å². The van der Waals surface area contributed by atoms with E-state index in [4.69, 9.17) is 4.74 Å². The molecule has 3 aromatic rings. The van der Waals surface area contributed by atoms with Crippen molar-refractivity contribution in [2.24, 2.45) is 0 Å². The Hall–Kier alpha value is -4.51. The van der Waals surface area contributed by atoms with Crippen molar-refractivity contribution < 1.29 is 27.9 Å². The van der Waals surface area contributed by atoms with Gasteiger partial charge in [-0.15, -0.1) is 0 Å². The molecule has 0 radical (unpaired) electrons. The van der Waals surface area contributed by atoms with Gasteiger partial charge < -0.3 is 30.1 Å². The highest BCUT2D eigenvalue weighted by Crippen LogP contribution is 2.30. The van der Waals surface area contributed by atoms with E-state index < -0.39 is 17.5 Å². The minimum atomic E-state index is -1.13. The Bertz CT molecular complexity index is 1490. The topological polar surface area (TPSA) is 94.2 Å². The summed E-state index contributed by atoms with van der Waals surface area (Å²) < 4.78 is 32.7. The second kappa shape index (κ2) is 13.6. The molecule has 11 heteroatoms. The summed E-state index contributed by atoms with van der Waals surface area (Å²) in [6, 6.07) is 15.2. The summed E-state index contributed by atoms with van der Waals surface area (Å²) in [5.41, 5.74) is 1.95. The first-order chi connectivity index (χ1) is 20.8. The van der Waals surface area contributed by atoms with E-state index in [-0.39, 0.29) is 17.4 Å². The zero-order valence-corrected chi connectivity index (χ0v) is 24.1.